The van der Waals surface area contributed by atoms with E-state index in [1.807, 2.05) is 0 Å². The molecule has 22 heavy (non-hydrogen) atoms. The lowest BCUT2D eigenvalue weighted by Gasteiger charge is -2.16. The number of benzene rings is 1. The normalized spacial score (nSPS) is 18.9. The second-order valence-electron chi connectivity index (χ2n) is 5.28. The number of hydrogen-bond donors (Lipinski definition) is 2. The van der Waals surface area contributed by atoms with E-state index in [1.165, 1.54) is 12.1 Å². The predicted octanol–water partition coefficient (Wildman–Crippen LogP) is 2.54. The van der Waals surface area contributed by atoms with Gasteiger partial charge in [0, 0.05) is 19.6 Å². The van der Waals surface area contributed by atoms with Crippen molar-refractivity contribution in [2.75, 3.05) is 13.2 Å². The number of ether oxygens (including phenoxy) is 1. The molecule has 0 radical (unpaired) electrons. The maximum absolute atomic E-state index is 13.4. The number of nitrogens with one attached hydrogen (secondary N) is 1. The molecule has 0 saturated carbocycles. The lowest BCUT2D eigenvalue weighted by Crippen LogP contribution is -2.34. The highest BCUT2D eigenvalue weighted by atomic mass is 35.5. The van der Waals surface area contributed by atoms with Gasteiger partial charge in [0.05, 0.1) is 5.02 Å². The molecule has 0 aromatic heterocycles. The highest BCUT2D eigenvalue weighted by Crippen LogP contribution is 2.22. The molecule has 1 fully saturated rings. The molecule has 0 aliphatic carbocycles. The van der Waals surface area contributed by atoms with E-state index in [9.17, 15) is 19.1 Å². The van der Waals surface area contributed by atoms with Crippen molar-refractivity contribution in [2.24, 2.45) is 5.92 Å². The van der Waals surface area contributed by atoms with Gasteiger partial charge >= 0.3 is 5.97 Å². The lowest BCUT2D eigenvalue weighted by atomic mass is 10.0. The largest absolute Gasteiger partial charge is 0.479 e. The van der Waals surface area contributed by atoms with Crippen LogP contribution in [0.25, 0.3) is 0 Å². The molecule has 1 heterocycles. The smallest absolute Gasteiger partial charge is 0.330 e. The highest BCUT2D eigenvalue weighted by molar-refractivity contribution is 6.30. The van der Waals surface area contributed by atoms with Crippen LogP contribution in [-0.4, -0.2) is 30.2 Å². The number of rotatable bonds is 6. The number of carbonyl (C=O) groups excluding carboxylic acids is 1. The van der Waals surface area contributed by atoms with E-state index in [0.29, 0.717) is 25.6 Å². The van der Waals surface area contributed by atoms with Crippen molar-refractivity contribution in [3.63, 3.8) is 0 Å². The molecule has 120 valence electrons. The molecule has 2 atom stereocenters. The van der Waals surface area contributed by atoms with Crippen molar-refractivity contribution in [3.8, 4) is 0 Å². The first-order valence-corrected chi connectivity index (χ1v) is 7.40. The van der Waals surface area contributed by atoms with Gasteiger partial charge in [0.25, 0.3) is 0 Å². The fraction of sp³-hybridized carbons (Fsp3) is 0.467. The summed E-state index contributed by atoms with van der Waals surface area (Å²) in [7, 11) is 0. The minimum absolute atomic E-state index is 0.0968. The third-order valence-corrected chi connectivity index (χ3v) is 3.94. The summed E-state index contributed by atoms with van der Waals surface area (Å²) in [6.45, 7) is 1.34. The van der Waals surface area contributed by atoms with Crippen molar-refractivity contribution in [1.29, 1.82) is 0 Å². The van der Waals surface area contributed by atoms with E-state index in [1.54, 1.807) is 0 Å². The molecule has 1 aromatic carbocycles. The average molecular weight is 330 g/mol. The molecule has 5 nitrogen and oxygen atoms in total. The van der Waals surface area contributed by atoms with Crippen LogP contribution in [0.1, 0.15) is 30.9 Å². The monoisotopic (exact) mass is 329 g/mol. The predicted molar refractivity (Wildman–Crippen MR) is 78.1 cm³/mol. The molecular formula is C15H17ClFNO4. The zero-order valence-corrected chi connectivity index (χ0v) is 12.6. The molecule has 2 N–H and O–H groups in total. The van der Waals surface area contributed by atoms with Gasteiger partial charge in [0.1, 0.15) is 5.82 Å². The first kappa shape index (κ1) is 16.7. The summed E-state index contributed by atoms with van der Waals surface area (Å²) in [5, 5.41) is 11.5. The molecule has 1 aliphatic heterocycles. The molecular weight excluding hydrogens is 313 g/mol. The van der Waals surface area contributed by atoms with Crippen molar-refractivity contribution in [2.45, 2.75) is 25.3 Å². The number of amides is 1. The molecule has 1 saturated heterocycles. The molecule has 0 bridgehead atoms. The quantitative estimate of drug-likeness (QED) is 0.841. The van der Waals surface area contributed by atoms with Gasteiger partial charge in [-0.1, -0.05) is 17.7 Å². The Morgan fingerprint density at radius 2 is 2.27 bits per heavy atom. The van der Waals surface area contributed by atoms with Crippen LogP contribution in [0.3, 0.4) is 0 Å². The first-order chi connectivity index (χ1) is 10.5. The third kappa shape index (κ3) is 4.42. The summed E-state index contributed by atoms with van der Waals surface area (Å²) < 4.78 is 18.7. The number of aliphatic carboxylic acids is 1. The zero-order chi connectivity index (χ0) is 16.1. The summed E-state index contributed by atoms with van der Waals surface area (Å²) in [6.07, 6.45) is 1.78. The SMILES string of the molecule is O=C(CCC1CCOC1)NC(C(=O)O)c1ccc(Cl)c(F)c1. The van der Waals surface area contributed by atoms with Crippen LogP contribution < -0.4 is 5.32 Å². The van der Waals surface area contributed by atoms with E-state index >= 15 is 0 Å². The summed E-state index contributed by atoms with van der Waals surface area (Å²) in [4.78, 5) is 23.2. The minimum atomic E-state index is -1.29. The van der Waals surface area contributed by atoms with Crippen LogP contribution in [-0.2, 0) is 14.3 Å². The molecule has 2 unspecified atom stereocenters. The number of carbonyl (C=O) groups is 2. The molecule has 7 heteroatoms. The van der Waals surface area contributed by atoms with Gasteiger partial charge in [-0.3, -0.25) is 4.79 Å². The molecule has 1 amide bonds. The fourth-order valence-electron chi connectivity index (χ4n) is 2.36. The zero-order valence-electron chi connectivity index (χ0n) is 11.9. The van der Waals surface area contributed by atoms with E-state index in [0.717, 1.165) is 12.5 Å². The standard InChI is InChI=1S/C15H17ClFNO4/c16-11-3-2-10(7-12(11)17)14(15(20)21)18-13(19)4-1-9-5-6-22-8-9/h2-3,7,9,14H,1,4-6,8H2,(H,18,19)(H,20,21). The Labute approximate surface area is 132 Å². The van der Waals surface area contributed by atoms with Crippen LogP contribution >= 0.6 is 11.6 Å². The van der Waals surface area contributed by atoms with Gasteiger partial charge in [0.15, 0.2) is 6.04 Å². The summed E-state index contributed by atoms with van der Waals surface area (Å²) in [5.41, 5.74) is 0.145. The minimum Gasteiger partial charge on any atom is -0.479 e. The number of carboxylic acid groups (broad SMARTS) is 1. The van der Waals surface area contributed by atoms with Crippen molar-refractivity contribution >= 4 is 23.5 Å². The van der Waals surface area contributed by atoms with Gasteiger partial charge in [-0.25, -0.2) is 9.18 Å². The molecule has 1 aliphatic rings. The van der Waals surface area contributed by atoms with Crippen LogP contribution in [0.5, 0.6) is 0 Å². The van der Waals surface area contributed by atoms with Crippen LogP contribution in [0, 0.1) is 11.7 Å². The summed E-state index contributed by atoms with van der Waals surface area (Å²) in [6, 6.07) is 2.38. The van der Waals surface area contributed by atoms with Crippen molar-refractivity contribution in [1.82, 2.24) is 5.32 Å². The summed E-state index contributed by atoms with van der Waals surface area (Å²) >= 11 is 5.57. The van der Waals surface area contributed by atoms with Gasteiger partial charge in [-0.15, -0.1) is 0 Å². The molecule has 1 aromatic rings. The van der Waals surface area contributed by atoms with Crippen LogP contribution in [0.2, 0.25) is 5.02 Å². The van der Waals surface area contributed by atoms with Crippen molar-refractivity contribution in [3.05, 3.63) is 34.6 Å². The number of halogens is 2. The number of carboxylic acids is 1. The van der Waals surface area contributed by atoms with Crippen LogP contribution in [0.4, 0.5) is 4.39 Å². The van der Waals surface area contributed by atoms with Crippen molar-refractivity contribution < 1.29 is 23.8 Å². The molecule has 0 spiro atoms. The Hall–Kier alpha value is -1.66. The van der Waals surface area contributed by atoms with Gasteiger partial charge in [0.2, 0.25) is 5.91 Å². The van der Waals surface area contributed by atoms with Gasteiger partial charge in [-0.2, -0.15) is 0 Å². The molecule has 2 rings (SSSR count). The second-order valence-corrected chi connectivity index (χ2v) is 5.69. The van der Waals surface area contributed by atoms with E-state index < -0.39 is 17.8 Å². The highest BCUT2D eigenvalue weighted by Gasteiger charge is 2.24. The third-order valence-electron chi connectivity index (χ3n) is 3.63. The van der Waals surface area contributed by atoms with Gasteiger partial charge < -0.3 is 15.2 Å². The Kier molecular flexibility index (Phi) is 5.74. The summed E-state index contributed by atoms with van der Waals surface area (Å²) in [5.74, 6) is -2.02. The van der Waals surface area contributed by atoms with Gasteiger partial charge in [-0.05, 0) is 36.5 Å². The van der Waals surface area contributed by atoms with E-state index in [2.05, 4.69) is 5.32 Å². The fourth-order valence-corrected chi connectivity index (χ4v) is 2.48. The Morgan fingerprint density at radius 3 is 2.86 bits per heavy atom. The second kappa shape index (κ2) is 7.56. The van der Waals surface area contributed by atoms with Crippen LogP contribution in [0.15, 0.2) is 18.2 Å². The van der Waals surface area contributed by atoms with E-state index in [-0.39, 0.29) is 22.9 Å². The maximum atomic E-state index is 13.4. The Morgan fingerprint density at radius 1 is 1.50 bits per heavy atom. The topological polar surface area (TPSA) is 75.6 Å². The average Bonchev–Trinajstić information content (AvgIpc) is 2.98. The number of hydrogen-bond acceptors (Lipinski definition) is 3. The lowest BCUT2D eigenvalue weighted by molar-refractivity contribution is -0.142. The van der Waals surface area contributed by atoms with E-state index in [4.69, 9.17) is 16.3 Å². The maximum Gasteiger partial charge on any atom is 0.330 e. The Bertz CT molecular complexity index is 560. The first-order valence-electron chi connectivity index (χ1n) is 7.02. The Balaban J connectivity index is 1.97.